The van der Waals surface area contributed by atoms with E-state index in [9.17, 15) is 0 Å². The molecule has 112 valence electrons. The van der Waals surface area contributed by atoms with Crippen LogP contribution in [0.4, 0.5) is 0 Å². The van der Waals surface area contributed by atoms with Gasteiger partial charge in [0.15, 0.2) is 0 Å². The van der Waals surface area contributed by atoms with Crippen LogP contribution in [0.2, 0.25) is 0 Å². The molecule has 3 unspecified atom stereocenters. The Balaban J connectivity index is 2.06. The van der Waals surface area contributed by atoms with E-state index in [1.807, 2.05) is 0 Å². The van der Waals surface area contributed by atoms with Crippen LogP contribution in [-0.4, -0.2) is 34.6 Å². The summed E-state index contributed by atoms with van der Waals surface area (Å²) in [5, 5.41) is 5.27. The first-order valence-electron chi connectivity index (χ1n) is 7.45. The van der Waals surface area contributed by atoms with E-state index < -0.39 is 0 Å². The Bertz CT molecular complexity index is 396. The van der Waals surface area contributed by atoms with E-state index in [1.165, 1.54) is 23.5 Å². The molecule has 0 aliphatic carbocycles. The number of hydrogen-bond acceptors (Lipinski definition) is 3. The molecule has 1 aliphatic rings. The van der Waals surface area contributed by atoms with Crippen LogP contribution in [0.5, 0.6) is 0 Å². The van der Waals surface area contributed by atoms with Gasteiger partial charge in [0.05, 0.1) is 0 Å². The lowest BCUT2D eigenvalue weighted by atomic mass is 10.00. The molecule has 1 aromatic rings. The zero-order valence-electron chi connectivity index (χ0n) is 12.3. The van der Waals surface area contributed by atoms with Crippen molar-refractivity contribution >= 4 is 39.5 Å². The van der Waals surface area contributed by atoms with Crippen LogP contribution in [0.15, 0.2) is 28.7 Å². The molecule has 1 heterocycles. The molecular formula is C16H24BrNS2. The maximum atomic E-state index is 3.73. The maximum Gasteiger partial charge on any atom is 0.0323 e. The van der Waals surface area contributed by atoms with Gasteiger partial charge in [-0.05, 0) is 37.1 Å². The lowest BCUT2D eigenvalue weighted by Crippen LogP contribution is -2.46. The van der Waals surface area contributed by atoms with Crippen molar-refractivity contribution in [1.29, 1.82) is 0 Å². The van der Waals surface area contributed by atoms with Crippen LogP contribution in [0, 0.1) is 0 Å². The fourth-order valence-corrected chi connectivity index (χ4v) is 6.28. The van der Waals surface area contributed by atoms with Crippen molar-refractivity contribution in [3.63, 3.8) is 0 Å². The SMILES string of the molecule is CCNC(Cc1ccc(Br)cc1)C1SCCSC1CC. The van der Waals surface area contributed by atoms with Gasteiger partial charge in [0.25, 0.3) is 0 Å². The second-order valence-electron chi connectivity index (χ2n) is 5.15. The normalized spacial score (nSPS) is 24.6. The third-order valence-corrected chi connectivity index (χ3v) is 7.66. The summed E-state index contributed by atoms with van der Waals surface area (Å²) >= 11 is 7.86. The third-order valence-electron chi connectivity index (χ3n) is 3.73. The van der Waals surface area contributed by atoms with Crippen molar-refractivity contribution in [2.45, 2.75) is 43.2 Å². The molecule has 0 aromatic heterocycles. The molecule has 1 aliphatic heterocycles. The molecule has 0 amide bonds. The number of rotatable bonds is 6. The predicted octanol–water partition coefficient (Wildman–Crippen LogP) is 4.60. The molecule has 1 fully saturated rings. The van der Waals surface area contributed by atoms with Gasteiger partial charge in [-0.3, -0.25) is 0 Å². The van der Waals surface area contributed by atoms with Gasteiger partial charge in [-0.1, -0.05) is 41.9 Å². The fraction of sp³-hybridized carbons (Fsp3) is 0.625. The van der Waals surface area contributed by atoms with Crippen LogP contribution >= 0.6 is 39.5 Å². The molecule has 20 heavy (non-hydrogen) atoms. The minimum atomic E-state index is 0.587. The molecule has 0 bridgehead atoms. The van der Waals surface area contributed by atoms with E-state index in [0.717, 1.165) is 27.9 Å². The number of thioether (sulfide) groups is 2. The molecule has 1 aromatic carbocycles. The molecule has 1 nitrogen and oxygen atoms in total. The second-order valence-corrected chi connectivity index (χ2v) is 8.70. The molecule has 1 saturated heterocycles. The van der Waals surface area contributed by atoms with Crippen molar-refractivity contribution in [3.8, 4) is 0 Å². The number of halogens is 1. The van der Waals surface area contributed by atoms with Crippen LogP contribution in [0.3, 0.4) is 0 Å². The summed E-state index contributed by atoms with van der Waals surface area (Å²) in [4.78, 5) is 0. The highest BCUT2D eigenvalue weighted by molar-refractivity contribution is 9.10. The Kier molecular flexibility index (Phi) is 7.29. The van der Waals surface area contributed by atoms with Gasteiger partial charge >= 0.3 is 0 Å². The first kappa shape index (κ1) is 16.7. The number of likely N-dealkylation sites (N-methyl/N-ethyl adjacent to an activating group) is 1. The predicted molar refractivity (Wildman–Crippen MR) is 98.1 cm³/mol. The smallest absolute Gasteiger partial charge is 0.0323 e. The summed E-state index contributed by atoms with van der Waals surface area (Å²) in [6.45, 7) is 5.61. The van der Waals surface area contributed by atoms with Crippen molar-refractivity contribution in [2.24, 2.45) is 0 Å². The minimum Gasteiger partial charge on any atom is -0.313 e. The maximum absolute atomic E-state index is 3.73. The van der Waals surface area contributed by atoms with Gasteiger partial charge in [-0.2, -0.15) is 23.5 Å². The molecule has 0 radical (unpaired) electrons. The zero-order chi connectivity index (χ0) is 14.4. The van der Waals surface area contributed by atoms with Gasteiger partial charge < -0.3 is 5.32 Å². The highest BCUT2D eigenvalue weighted by Gasteiger charge is 2.31. The topological polar surface area (TPSA) is 12.0 Å². The number of benzene rings is 1. The lowest BCUT2D eigenvalue weighted by Gasteiger charge is -2.36. The molecule has 0 saturated carbocycles. The van der Waals surface area contributed by atoms with E-state index in [4.69, 9.17) is 0 Å². The van der Waals surface area contributed by atoms with Crippen molar-refractivity contribution in [2.75, 3.05) is 18.1 Å². The van der Waals surface area contributed by atoms with Crippen LogP contribution in [0.1, 0.15) is 25.8 Å². The Morgan fingerprint density at radius 1 is 1.20 bits per heavy atom. The van der Waals surface area contributed by atoms with E-state index in [1.54, 1.807) is 0 Å². The van der Waals surface area contributed by atoms with E-state index in [-0.39, 0.29) is 0 Å². The summed E-state index contributed by atoms with van der Waals surface area (Å²) in [6, 6.07) is 9.38. The average molecular weight is 374 g/mol. The Labute approximate surface area is 140 Å². The molecule has 1 N–H and O–H groups in total. The number of hydrogen-bond donors (Lipinski definition) is 1. The molecule has 0 spiro atoms. The third kappa shape index (κ3) is 4.69. The van der Waals surface area contributed by atoms with Crippen molar-refractivity contribution < 1.29 is 0 Å². The summed E-state index contributed by atoms with van der Waals surface area (Å²) in [5.74, 6) is 2.62. The Hall–Kier alpha value is 0.360. The van der Waals surface area contributed by atoms with Crippen molar-refractivity contribution in [3.05, 3.63) is 34.3 Å². The second kappa shape index (κ2) is 8.72. The van der Waals surface area contributed by atoms with Gasteiger partial charge in [0.1, 0.15) is 0 Å². The van der Waals surface area contributed by atoms with E-state index in [0.29, 0.717) is 6.04 Å². The molecule has 3 atom stereocenters. The summed E-state index contributed by atoms with van der Waals surface area (Å²) in [7, 11) is 0. The Morgan fingerprint density at radius 3 is 2.55 bits per heavy atom. The van der Waals surface area contributed by atoms with Crippen molar-refractivity contribution in [1.82, 2.24) is 5.32 Å². The highest BCUT2D eigenvalue weighted by atomic mass is 79.9. The van der Waals surface area contributed by atoms with Gasteiger partial charge in [0, 0.05) is 32.5 Å². The van der Waals surface area contributed by atoms with Crippen LogP contribution < -0.4 is 5.32 Å². The minimum absolute atomic E-state index is 0.587. The average Bonchev–Trinajstić information content (AvgIpc) is 2.49. The largest absolute Gasteiger partial charge is 0.313 e. The monoisotopic (exact) mass is 373 g/mol. The Morgan fingerprint density at radius 2 is 1.90 bits per heavy atom. The molecule has 4 heteroatoms. The first-order valence-corrected chi connectivity index (χ1v) is 10.3. The molecule has 2 rings (SSSR count). The van der Waals surface area contributed by atoms with Crippen LogP contribution in [-0.2, 0) is 6.42 Å². The van der Waals surface area contributed by atoms with Gasteiger partial charge in [-0.25, -0.2) is 0 Å². The zero-order valence-corrected chi connectivity index (χ0v) is 15.5. The fourth-order valence-electron chi connectivity index (χ4n) is 2.75. The van der Waals surface area contributed by atoms with Gasteiger partial charge in [-0.15, -0.1) is 0 Å². The van der Waals surface area contributed by atoms with E-state index in [2.05, 4.69) is 82.9 Å². The molecular weight excluding hydrogens is 350 g/mol. The first-order chi connectivity index (χ1) is 9.74. The lowest BCUT2D eigenvalue weighted by molar-refractivity contribution is 0.490. The summed E-state index contributed by atoms with van der Waals surface area (Å²) < 4.78 is 1.16. The highest BCUT2D eigenvalue weighted by Crippen LogP contribution is 2.36. The van der Waals surface area contributed by atoms with Crippen LogP contribution in [0.25, 0.3) is 0 Å². The van der Waals surface area contributed by atoms with Gasteiger partial charge in [0.2, 0.25) is 0 Å². The summed E-state index contributed by atoms with van der Waals surface area (Å²) in [6.07, 6.45) is 2.42. The standard InChI is InChI=1S/C16H24BrNS2/c1-3-15-16(20-10-9-19-15)14(18-4-2)11-12-5-7-13(17)8-6-12/h5-8,14-16,18H,3-4,9-11H2,1-2H3. The number of nitrogens with one attached hydrogen (secondary N) is 1. The quantitative estimate of drug-likeness (QED) is 0.782. The summed E-state index contributed by atoms with van der Waals surface area (Å²) in [5.41, 5.74) is 1.44. The van der Waals surface area contributed by atoms with E-state index >= 15 is 0 Å².